The molecular formula is C43H55NO14. The average molecular weight is 810 g/mol. The smallest absolute Gasteiger partial charge is 0.338 e. The molecule has 5 aliphatic carbocycles. The number of hydrogen-bond acceptors (Lipinski definition) is 15. The molecule has 0 aromatic heterocycles. The number of hydrogen-bond donors (Lipinski definition) is 2. The van der Waals surface area contributed by atoms with E-state index < -0.39 is 106 Å². The first-order valence-corrected chi connectivity index (χ1v) is 19.9. The van der Waals surface area contributed by atoms with Gasteiger partial charge >= 0.3 is 17.9 Å². The minimum absolute atomic E-state index is 0.00371. The van der Waals surface area contributed by atoms with Crippen LogP contribution >= 0.6 is 0 Å². The molecule has 2 N–H and O–H groups in total. The van der Waals surface area contributed by atoms with Gasteiger partial charge in [0.25, 0.3) is 0 Å². The number of rotatable bonds is 13. The summed E-state index contributed by atoms with van der Waals surface area (Å²) in [5, 5.41) is 25.9. The molecule has 1 spiro atoms. The van der Waals surface area contributed by atoms with Gasteiger partial charge in [-0.2, -0.15) is 0 Å². The van der Waals surface area contributed by atoms with Gasteiger partial charge in [0.1, 0.15) is 41.5 Å². The number of likely N-dealkylation sites (tertiary alicyclic amines) is 1. The molecule has 0 radical (unpaired) electrons. The monoisotopic (exact) mass is 809 g/mol. The fourth-order valence-electron chi connectivity index (χ4n) is 13.5. The Morgan fingerprint density at radius 2 is 1.40 bits per heavy atom. The molecule has 15 atom stereocenters. The van der Waals surface area contributed by atoms with Crippen LogP contribution in [0.3, 0.4) is 0 Å². The highest BCUT2D eigenvalue weighted by atomic mass is 16.6. The summed E-state index contributed by atoms with van der Waals surface area (Å²) < 4.78 is 55.6. The van der Waals surface area contributed by atoms with Crippen molar-refractivity contribution < 1.29 is 67.2 Å². The van der Waals surface area contributed by atoms with Crippen molar-refractivity contribution in [3.8, 4) is 11.5 Å². The second-order valence-corrected chi connectivity index (χ2v) is 16.9. The molecule has 2 aromatic carbocycles. The van der Waals surface area contributed by atoms with Gasteiger partial charge in [-0.15, -0.1) is 0 Å². The van der Waals surface area contributed by atoms with Gasteiger partial charge in [-0.1, -0.05) is 6.92 Å². The van der Waals surface area contributed by atoms with Gasteiger partial charge in [-0.3, -0.25) is 9.69 Å². The summed E-state index contributed by atoms with van der Waals surface area (Å²) >= 11 is 0. The van der Waals surface area contributed by atoms with Gasteiger partial charge in [-0.25, -0.2) is 9.59 Å². The van der Waals surface area contributed by atoms with E-state index in [-0.39, 0.29) is 25.0 Å². The number of nitrogens with zero attached hydrogens (tertiary/aromatic N) is 1. The summed E-state index contributed by atoms with van der Waals surface area (Å²) in [5.74, 6) is -3.57. The van der Waals surface area contributed by atoms with Gasteiger partial charge in [0, 0.05) is 83.0 Å². The maximum Gasteiger partial charge on any atom is 0.338 e. The summed E-state index contributed by atoms with van der Waals surface area (Å²) in [4.78, 5) is 44.1. The average Bonchev–Trinajstić information content (AvgIpc) is 3.60. The standard InChI is InChI=1S/C43H55NO14/c1-9-44-20-40(21-50-3)28(56-38(47)23-10-14-25(51-4)15-11-23)18-29(53-6)42-27-19-41(49)36(57-39(48)24-12-16-26(52-5)17-13-24)30(27)43(58-22(2)45,35(46)37(41)55-8)31(34(42)44)32(54-7)33(40)42/h10-17,27-37,46,49H,9,18-21H2,1-8H3/t27-,28-,29+,30-,31+,32+,33-,34?,35+,36-,37+,40+,41-,42+,43-/m1/s1. The topological polar surface area (TPSA) is 178 Å². The summed E-state index contributed by atoms with van der Waals surface area (Å²) in [6.45, 7) is 4.42. The third-order valence-electron chi connectivity index (χ3n) is 15.0. The number of ether oxygens (including phenoxy) is 9. The molecule has 316 valence electrons. The molecule has 58 heavy (non-hydrogen) atoms. The van der Waals surface area contributed by atoms with Crippen LogP contribution in [0.15, 0.2) is 48.5 Å². The number of benzene rings is 2. The normalized spacial score (nSPS) is 41.7. The number of methoxy groups -OCH3 is 6. The van der Waals surface area contributed by atoms with E-state index in [9.17, 15) is 24.6 Å². The number of aliphatic hydroxyl groups is 2. The van der Waals surface area contributed by atoms with Crippen LogP contribution < -0.4 is 9.47 Å². The molecule has 15 nitrogen and oxygen atoms in total. The van der Waals surface area contributed by atoms with Gasteiger partial charge in [0.2, 0.25) is 0 Å². The summed E-state index contributed by atoms with van der Waals surface area (Å²) in [6, 6.07) is 12.7. The zero-order chi connectivity index (χ0) is 41.5. The van der Waals surface area contributed by atoms with Crippen molar-refractivity contribution in [2.45, 2.75) is 80.6 Å². The van der Waals surface area contributed by atoms with Crippen LogP contribution in [0.5, 0.6) is 11.5 Å². The van der Waals surface area contributed by atoms with Gasteiger partial charge in [-0.05, 0) is 67.4 Å². The molecule has 1 saturated heterocycles. The molecule has 1 unspecified atom stereocenters. The van der Waals surface area contributed by atoms with E-state index in [1.54, 1.807) is 77.0 Å². The maximum absolute atomic E-state index is 14.1. The van der Waals surface area contributed by atoms with Gasteiger partial charge in [0.15, 0.2) is 5.60 Å². The van der Waals surface area contributed by atoms with Crippen LogP contribution in [-0.2, 0) is 38.0 Å². The zero-order valence-corrected chi connectivity index (χ0v) is 34.2. The second-order valence-electron chi connectivity index (χ2n) is 16.9. The Hall–Kier alpha value is -3.83. The van der Waals surface area contributed by atoms with Crippen molar-refractivity contribution in [3.05, 3.63) is 59.7 Å². The van der Waals surface area contributed by atoms with Crippen LogP contribution in [0, 0.1) is 34.5 Å². The predicted molar refractivity (Wildman–Crippen MR) is 203 cm³/mol. The van der Waals surface area contributed by atoms with Crippen molar-refractivity contribution in [1.29, 1.82) is 0 Å². The van der Waals surface area contributed by atoms with Crippen LogP contribution in [0.2, 0.25) is 0 Å². The van der Waals surface area contributed by atoms with Crippen molar-refractivity contribution >= 4 is 17.9 Å². The van der Waals surface area contributed by atoms with E-state index in [0.717, 1.165) is 0 Å². The highest BCUT2D eigenvalue weighted by molar-refractivity contribution is 5.90. The van der Waals surface area contributed by atoms with Crippen molar-refractivity contribution in [3.63, 3.8) is 0 Å². The van der Waals surface area contributed by atoms with E-state index in [1.807, 2.05) is 6.92 Å². The Morgan fingerprint density at radius 1 is 0.793 bits per heavy atom. The number of carbonyl (C=O) groups excluding carboxylic acids is 3. The summed E-state index contributed by atoms with van der Waals surface area (Å²) in [7, 11) is 9.30. The molecule has 1 heterocycles. The fraction of sp³-hybridized carbons (Fsp3) is 0.651. The molecule has 6 aliphatic rings. The van der Waals surface area contributed by atoms with E-state index in [2.05, 4.69) is 4.90 Å². The molecule has 7 bridgehead atoms. The molecular weight excluding hydrogens is 754 g/mol. The largest absolute Gasteiger partial charge is 0.497 e. The van der Waals surface area contributed by atoms with Crippen molar-refractivity contribution in [1.82, 2.24) is 4.90 Å². The zero-order valence-electron chi connectivity index (χ0n) is 34.2. The lowest BCUT2D eigenvalue weighted by Crippen LogP contribution is -2.81. The van der Waals surface area contributed by atoms with Crippen LogP contribution in [-0.4, -0.2) is 149 Å². The highest BCUT2D eigenvalue weighted by Gasteiger charge is 2.92. The van der Waals surface area contributed by atoms with Crippen LogP contribution in [0.1, 0.15) is 47.4 Å². The number of carbonyl (C=O) groups is 3. The minimum atomic E-state index is -1.93. The first-order valence-electron chi connectivity index (χ1n) is 19.9. The Bertz CT molecular complexity index is 1890. The first-order chi connectivity index (χ1) is 27.8. The fourth-order valence-corrected chi connectivity index (χ4v) is 13.5. The first kappa shape index (κ1) is 40.9. The van der Waals surface area contributed by atoms with Crippen molar-refractivity contribution in [2.75, 3.05) is 62.4 Å². The third-order valence-corrected chi connectivity index (χ3v) is 15.0. The molecule has 5 saturated carbocycles. The van der Waals surface area contributed by atoms with Crippen molar-refractivity contribution in [2.24, 2.45) is 34.5 Å². The molecule has 2 aromatic rings. The number of esters is 3. The van der Waals surface area contributed by atoms with Gasteiger partial charge < -0.3 is 52.8 Å². The number of piperidine rings is 1. The van der Waals surface area contributed by atoms with Gasteiger partial charge in [0.05, 0.1) is 44.2 Å². The molecule has 0 amide bonds. The Labute approximate surface area is 338 Å². The maximum atomic E-state index is 14.1. The number of aliphatic hydroxyl groups excluding tert-OH is 1. The second kappa shape index (κ2) is 14.7. The van der Waals surface area contributed by atoms with Crippen LogP contribution in [0.4, 0.5) is 0 Å². The third kappa shape index (κ3) is 5.26. The van der Waals surface area contributed by atoms with E-state index >= 15 is 0 Å². The summed E-state index contributed by atoms with van der Waals surface area (Å²) in [6.07, 6.45) is -6.04. The highest BCUT2D eigenvalue weighted by Crippen LogP contribution is 2.81. The lowest BCUT2D eigenvalue weighted by molar-refractivity contribution is -0.322. The quantitative estimate of drug-likeness (QED) is 0.223. The Kier molecular flexibility index (Phi) is 10.4. The van der Waals surface area contributed by atoms with E-state index in [0.29, 0.717) is 30.2 Å². The Morgan fingerprint density at radius 3 is 1.90 bits per heavy atom. The lowest BCUT2D eigenvalue weighted by Gasteiger charge is -2.70. The molecule has 8 rings (SSSR count). The predicted octanol–water partition coefficient (Wildman–Crippen LogP) is 2.53. The van der Waals surface area contributed by atoms with Crippen LogP contribution in [0.25, 0.3) is 0 Å². The SMILES string of the molecule is CCN1C[C@@]2(COC)[C@H]3[C@@H](OC)[C@H]4C1[C@]3([C@@H](OC)C[C@H]2OC(=O)c1ccc(OC)cc1)[C@@H]1C[C@@]2(O)[C@H](OC(=O)c3ccc(OC)cc3)[C@@H]1[C@]4(OC(C)=O)[C@@H](O)[C@@H]2OC. The summed E-state index contributed by atoms with van der Waals surface area (Å²) in [5.41, 5.74) is -4.98. The Balaban J connectivity index is 1.34. The molecule has 15 heteroatoms. The lowest BCUT2D eigenvalue weighted by atomic mass is 9.42. The number of fused-ring (bicyclic) bond motifs is 2. The van der Waals surface area contributed by atoms with E-state index in [1.165, 1.54) is 21.1 Å². The molecule has 1 aliphatic heterocycles. The van der Waals surface area contributed by atoms with E-state index in [4.69, 9.17) is 42.6 Å². The molecule has 6 fully saturated rings. The minimum Gasteiger partial charge on any atom is -0.497 e.